The highest BCUT2D eigenvalue weighted by Crippen LogP contribution is 2.43. The van der Waals surface area contributed by atoms with Gasteiger partial charge < -0.3 is 19.3 Å². The highest BCUT2D eigenvalue weighted by atomic mass is 31.2. The Hall–Kier alpha value is -2.03. The van der Waals surface area contributed by atoms with E-state index in [9.17, 15) is 19.0 Å². The second-order valence-corrected chi connectivity index (χ2v) is 15.6. The van der Waals surface area contributed by atoms with Gasteiger partial charge in [-0.2, -0.15) is 0 Å². The largest absolute Gasteiger partial charge is 0.472 e. The number of esters is 2. The molecule has 9 nitrogen and oxygen atoms in total. The van der Waals surface area contributed by atoms with E-state index in [1.165, 1.54) is 70.6 Å². The van der Waals surface area contributed by atoms with Crippen molar-refractivity contribution >= 4 is 19.8 Å². The summed E-state index contributed by atoms with van der Waals surface area (Å²) in [5.74, 6) is -0.855. The monoisotopic (exact) mass is 768 g/mol. The summed E-state index contributed by atoms with van der Waals surface area (Å²) in [5.41, 5.74) is 0. The number of nitrogens with zero attached hydrogens (tertiary/aromatic N) is 1. The molecule has 0 aromatic rings. The maximum absolute atomic E-state index is 12.6. The standard InChI is InChI=1S/C43H78NO8P/c1-5-7-9-11-13-15-17-19-21-23-25-27-29-31-33-35-42(45)49-39-41(40-51-53(47,48)50-38-37-44(3)4)52-43(46)36-34-32-30-28-26-24-22-20-18-16-14-12-10-8-6-2/h14-17,20,22,26,28,41H,5-13,18-19,21,23-25,27,29-40H2,1-4H3,(H,47,48)/b16-14-,17-15-,22-20-,28-26-. The molecular weight excluding hydrogens is 689 g/mol. The number of hydrogen-bond acceptors (Lipinski definition) is 8. The number of phosphoric ester groups is 1. The van der Waals surface area contributed by atoms with Gasteiger partial charge in [-0.05, 0) is 91.1 Å². The minimum atomic E-state index is -4.37. The van der Waals surface area contributed by atoms with Gasteiger partial charge in [-0.15, -0.1) is 0 Å². The van der Waals surface area contributed by atoms with Gasteiger partial charge in [-0.1, -0.05) is 127 Å². The molecule has 0 saturated heterocycles. The number of allylic oxidation sites excluding steroid dienone is 8. The van der Waals surface area contributed by atoms with Crippen molar-refractivity contribution in [3.8, 4) is 0 Å². The van der Waals surface area contributed by atoms with Gasteiger partial charge in [0, 0.05) is 19.4 Å². The molecule has 0 radical (unpaired) electrons. The van der Waals surface area contributed by atoms with Gasteiger partial charge in [0.1, 0.15) is 6.61 Å². The Balaban J connectivity index is 4.39. The molecule has 0 aromatic carbocycles. The van der Waals surface area contributed by atoms with Crippen molar-refractivity contribution in [3.63, 3.8) is 0 Å². The molecule has 0 rings (SSSR count). The predicted molar refractivity (Wildman–Crippen MR) is 220 cm³/mol. The Morgan fingerprint density at radius 1 is 0.585 bits per heavy atom. The minimum absolute atomic E-state index is 0.00190. The smallest absolute Gasteiger partial charge is 0.462 e. The van der Waals surface area contributed by atoms with Gasteiger partial charge in [-0.3, -0.25) is 18.6 Å². The summed E-state index contributed by atoms with van der Waals surface area (Å²) in [6.07, 6.45) is 41.5. The van der Waals surface area contributed by atoms with Gasteiger partial charge >= 0.3 is 19.8 Å². The molecule has 10 heteroatoms. The zero-order valence-electron chi connectivity index (χ0n) is 34.2. The van der Waals surface area contributed by atoms with E-state index in [-0.39, 0.29) is 32.0 Å². The molecule has 0 aromatic heterocycles. The van der Waals surface area contributed by atoms with Crippen LogP contribution in [0.4, 0.5) is 0 Å². The van der Waals surface area contributed by atoms with E-state index in [1.54, 1.807) is 0 Å². The van der Waals surface area contributed by atoms with Gasteiger partial charge in [-0.25, -0.2) is 4.57 Å². The Morgan fingerprint density at radius 2 is 1.02 bits per heavy atom. The fourth-order valence-electron chi connectivity index (χ4n) is 5.33. The first-order valence-electron chi connectivity index (χ1n) is 20.9. The fraction of sp³-hybridized carbons (Fsp3) is 0.767. The summed E-state index contributed by atoms with van der Waals surface area (Å²) in [6.45, 7) is 4.22. The van der Waals surface area contributed by atoms with E-state index >= 15 is 0 Å². The van der Waals surface area contributed by atoms with Gasteiger partial charge in [0.25, 0.3) is 0 Å². The average molecular weight is 768 g/mol. The van der Waals surface area contributed by atoms with Crippen LogP contribution in [0.1, 0.15) is 168 Å². The van der Waals surface area contributed by atoms with Crippen LogP contribution in [-0.4, -0.2) is 68.3 Å². The zero-order chi connectivity index (χ0) is 39.1. The molecule has 0 fully saturated rings. The van der Waals surface area contributed by atoms with E-state index in [2.05, 4.69) is 62.5 Å². The van der Waals surface area contributed by atoms with Crippen LogP contribution in [-0.2, 0) is 32.7 Å². The van der Waals surface area contributed by atoms with E-state index in [4.69, 9.17) is 18.5 Å². The van der Waals surface area contributed by atoms with E-state index in [1.807, 2.05) is 19.0 Å². The Morgan fingerprint density at radius 3 is 1.60 bits per heavy atom. The fourth-order valence-corrected chi connectivity index (χ4v) is 6.08. The zero-order valence-corrected chi connectivity index (χ0v) is 35.1. The molecule has 308 valence electrons. The Kier molecular flexibility index (Phi) is 36.8. The number of carbonyl (C=O) groups is 2. The summed E-state index contributed by atoms with van der Waals surface area (Å²) >= 11 is 0. The molecule has 2 unspecified atom stereocenters. The minimum Gasteiger partial charge on any atom is -0.462 e. The predicted octanol–water partition coefficient (Wildman–Crippen LogP) is 11.8. The molecule has 0 amide bonds. The third kappa shape index (κ3) is 39.5. The highest BCUT2D eigenvalue weighted by Gasteiger charge is 2.26. The lowest BCUT2D eigenvalue weighted by molar-refractivity contribution is -0.161. The van der Waals surface area contributed by atoms with Gasteiger partial charge in [0.2, 0.25) is 0 Å². The summed E-state index contributed by atoms with van der Waals surface area (Å²) in [7, 11) is -0.736. The van der Waals surface area contributed by atoms with Crippen molar-refractivity contribution < 1.29 is 37.6 Å². The van der Waals surface area contributed by atoms with Crippen LogP contribution in [0.25, 0.3) is 0 Å². The summed E-state index contributed by atoms with van der Waals surface area (Å²) in [5, 5.41) is 0. The quantitative estimate of drug-likeness (QED) is 0.0284. The number of phosphoric acid groups is 1. The molecule has 0 aliphatic heterocycles. The number of carbonyl (C=O) groups excluding carboxylic acids is 2. The molecule has 0 spiro atoms. The van der Waals surface area contributed by atoms with Crippen molar-refractivity contribution in [2.45, 2.75) is 174 Å². The summed E-state index contributed by atoms with van der Waals surface area (Å²) in [6, 6.07) is 0. The van der Waals surface area contributed by atoms with Crippen LogP contribution in [0.3, 0.4) is 0 Å². The molecule has 0 aliphatic rings. The summed E-state index contributed by atoms with van der Waals surface area (Å²) in [4.78, 5) is 36.9. The number of hydrogen-bond donors (Lipinski definition) is 1. The maximum atomic E-state index is 12.6. The van der Waals surface area contributed by atoms with Crippen LogP contribution in [0.15, 0.2) is 48.6 Å². The van der Waals surface area contributed by atoms with Crippen LogP contribution in [0.5, 0.6) is 0 Å². The third-order valence-corrected chi connectivity index (χ3v) is 9.59. The molecule has 0 bridgehead atoms. The van der Waals surface area contributed by atoms with Crippen LogP contribution < -0.4 is 0 Å². The van der Waals surface area contributed by atoms with E-state index < -0.39 is 26.5 Å². The Bertz CT molecular complexity index is 1030. The first kappa shape index (κ1) is 51.0. The lowest BCUT2D eigenvalue weighted by atomic mass is 10.1. The van der Waals surface area contributed by atoms with Crippen molar-refractivity contribution in [3.05, 3.63) is 48.6 Å². The molecular formula is C43H78NO8P. The lowest BCUT2D eigenvalue weighted by Crippen LogP contribution is -2.29. The molecule has 1 N–H and O–H groups in total. The lowest BCUT2D eigenvalue weighted by Gasteiger charge is -2.20. The van der Waals surface area contributed by atoms with Crippen molar-refractivity contribution in [1.82, 2.24) is 4.90 Å². The maximum Gasteiger partial charge on any atom is 0.472 e. The molecule has 53 heavy (non-hydrogen) atoms. The first-order chi connectivity index (χ1) is 25.7. The number of likely N-dealkylation sites (N-methyl/N-ethyl adjacent to an activating group) is 1. The van der Waals surface area contributed by atoms with Crippen LogP contribution in [0.2, 0.25) is 0 Å². The molecule has 0 saturated carbocycles. The number of ether oxygens (including phenoxy) is 2. The van der Waals surface area contributed by atoms with Crippen LogP contribution >= 0.6 is 7.82 Å². The second kappa shape index (κ2) is 38.3. The third-order valence-electron chi connectivity index (χ3n) is 8.61. The SMILES string of the molecule is CCCCC/C=C\C/C=C\C/C=C\CCCCC(=O)OC(COC(=O)CCCCCCCCC/C=C\CCCCCC)COP(=O)(O)OCCN(C)C. The summed E-state index contributed by atoms with van der Waals surface area (Å²) < 4.78 is 33.4. The average Bonchev–Trinajstić information content (AvgIpc) is 3.12. The van der Waals surface area contributed by atoms with Crippen molar-refractivity contribution in [2.24, 2.45) is 0 Å². The Labute approximate surface area is 324 Å². The number of rotatable bonds is 38. The topological polar surface area (TPSA) is 112 Å². The first-order valence-corrected chi connectivity index (χ1v) is 22.4. The van der Waals surface area contributed by atoms with E-state index in [0.29, 0.717) is 13.0 Å². The van der Waals surface area contributed by atoms with Crippen molar-refractivity contribution in [2.75, 3.05) is 40.5 Å². The highest BCUT2D eigenvalue weighted by molar-refractivity contribution is 7.47. The van der Waals surface area contributed by atoms with E-state index in [0.717, 1.165) is 64.2 Å². The molecule has 2 atom stereocenters. The van der Waals surface area contributed by atoms with Crippen LogP contribution in [0, 0.1) is 0 Å². The second-order valence-electron chi connectivity index (χ2n) is 14.2. The molecule has 0 heterocycles. The van der Waals surface area contributed by atoms with Gasteiger partial charge in [0.05, 0.1) is 13.2 Å². The van der Waals surface area contributed by atoms with Crippen molar-refractivity contribution in [1.29, 1.82) is 0 Å². The normalized spacial score (nSPS) is 13.9. The van der Waals surface area contributed by atoms with Gasteiger partial charge in [0.15, 0.2) is 6.10 Å². The molecule has 0 aliphatic carbocycles. The number of unbranched alkanes of at least 4 members (excludes halogenated alkanes) is 16.